The van der Waals surface area contributed by atoms with Gasteiger partial charge in [0.25, 0.3) is 11.8 Å². The number of hydrogen-bond donors (Lipinski definition) is 2. The van der Waals surface area contributed by atoms with Crippen LogP contribution in [0.1, 0.15) is 38.1 Å². The molecule has 0 saturated carbocycles. The summed E-state index contributed by atoms with van der Waals surface area (Å²) in [5, 5.41) is 3.76. The maximum atomic E-state index is 12.5. The fourth-order valence-corrected chi connectivity index (χ4v) is 4.67. The van der Waals surface area contributed by atoms with Crippen LogP contribution in [0.25, 0.3) is 0 Å². The molecule has 1 aliphatic rings. The Balaban J connectivity index is 1.94. The normalized spacial score (nSPS) is 13.3. The molecule has 6 nitrogen and oxygen atoms in total. The molecule has 3 N–H and O–H groups in total. The molecular weight excluding hydrogens is 397 g/mol. The van der Waals surface area contributed by atoms with E-state index in [4.69, 9.17) is 28.9 Å². The van der Waals surface area contributed by atoms with E-state index in [0.29, 0.717) is 40.1 Å². The van der Waals surface area contributed by atoms with Crippen molar-refractivity contribution in [2.45, 2.75) is 19.9 Å². The Morgan fingerprint density at radius 2 is 1.85 bits per heavy atom. The molecule has 0 fully saturated rings. The molecule has 3 amide bonds. The van der Waals surface area contributed by atoms with Crippen molar-refractivity contribution >= 4 is 57.3 Å². The van der Waals surface area contributed by atoms with Crippen molar-refractivity contribution in [1.29, 1.82) is 0 Å². The highest BCUT2D eigenvalue weighted by Crippen LogP contribution is 2.37. The number of nitrogens with one attached hydrogen (secondary N) is 1. The van der Waals surface area contributed by atoms with Gasteiger partial charge in [-0.05, 0) is 30.2 Å². The average Bonchev–Trinajstić information content (AvgIpc) is 2.90. The summed E-state index contributed by atoms with van der Waals surface area (Å²) in [5.41, 5.74) is 6.90. The largest absolute Gasteiger partial charge is 0.365 e. The quantitative estimate of drug-likeness (QED) is 0.810. The van der Waals surface area contributed by atoms with Gasteiger partial charge in [-0.3, -0.25) is 14.4 Å². The summed E-state index contributed by atoms with van der Waals surface area (Å²) < 4.78 is 0. The van der Waals surface area contributed by atoms with E-state index in [9.17, 15) is 14.4 Å². The first-order chi connectivity index (χ1) is 12.3. The van der Waals surface area contributed by atoms with Crippen LogP contribution in [0.2, 0.25) is 10.0 Å². The lowest BCUT2D eigenvalue weighted by Gasteiger charge is -2.25. The molecule has 1 aromatic heterocycles. The molecule has 3 rings (SSSR count). The van der Waals surface area contributed by atoms with Gasteiger partial charge in [-0.25, -0.2) is 0 Å². The average molecular weight is 412 g/mol. The summed E-state index contributed by atoms with van der Waals surface area (Å²) in [6.07, 6.45) is 0.516. The Kier molecular flexibility index (Phi) is 5.22. The third-order valence-corrected chi connectivity index (χ3v) is 5.67. The lowest BCUT2D eigenvalue weighted by Crippen LogP contribution is -2.34. The Hall–Kier alpha value is -2.09. The Morgan fingerprint density at radius 1 is 1.19 bits per heavy atom. The Morgan fingerprint density at radius 3 is 2.42 bits per heavy atom. The minimum Gasteiger partial charge on any atom is -0.365 e. The van der Waals surface area contributed by atoms with Crippen LogP contribution < -0.4 is 11.1 Å². The summed E-state index contributed by atoms with van der Waals surface area (Å²) in [6.45, 7) is 2.41. The number of rotatable bonds is 3. The smallest absolute Gasteiger partial charge is 0.256 e. The van der Waals surface area contributed by atoms with E-state index >= 15 is 0 Å². The zero-order valence-corrected chi connectivity index (χ0v) is 16.1. The van der Waals surface area contributed by atoms with Crippen LogP contribution in [-0.2, 0) is 17.8 Å². The first kappa shape index (κ1) is 18.7. The third kappa shape index (κ3) is 3.70. The van der Waals surface area contributed by atoms with Crippen LogP contribution in [0, 0.1) is 0 Å². The van der Waals surface area contributed by atoms with Gasteiger partial charge >= 0.3 is 0 Å². The highest BCUT2D eigenvalue weighted by atomic mass is 35.5. The van der Waals surface area contributed by atoms with Gasteiger partial charge in [0.1, 0.15) is 5.00 Å². The van der Waals surface area contributed by atoms with Crippen molar-refractivity contribution in [2.24, 2.45) is 5.73 Å². The molecule has 1 aromatic carbocycles. The number of fused-ring (bicyclic) bond motifs is 1. The topological polar surface area (TPSA) is 92.5 Å². The number of amides is 3. The van der Waals surface area contributed by atoms with Gasteiger partial charge in [-0.2, -0.15) is 0 Å². The van der Waals surface area contributed by atoms with Gasteiger partial charge in [0.15, 0.2) is 0 Å². The van der Waals surface area contributed by atoms with E-state index in [1.807, 2.05) is 0 Å². The number of carbonyl (C=O) groups is 3. The predicted octanol–water partition coefficient (Wildman–Crippen LogP) is 3.31. The minimum atomic E-state index is -0.613. The Labute approximate surface area is 163 Å². The number of halogens is 2. The van der Waals surface area contributed by atoms with Gasteiger partial charge in [-0.15, -0.1) is 11.3 Å². The lowest BCUT2D eigenvalue weighted by molar-refractivity contribution is -0.129. The zero-order chi connectivity index (χ0) is 19.0. The molecule has 2 heterocycles. The number of anilines is 1. The van der Waals surface area contributed by atoms with Gasteiger partial charge in [0.05, 0.1) is 12.1 Å². The van der Waals surface area contributed by atoms with Crippen LogP contribution in [0.3, 0.4) is 0 Å². The SMILES string of the molecule is CC(=O)N1CCc2c(sc(NC(=O)c3cc(Cl)cc(Cl)c3)c2C(N)=O)C1. The van der Waals surface area contributed by atoms with E-state index < -0.39 is 11.8 Å². The third-order valence-electron chi connectivity index (χ3n) is 4.10. The molecule has 0 aliphatic carbocycles. The van der Waals surface area contributed by atoms with Crippen molar-refractivity contribution in [3.8, 4) is 0 Å². The molecule has 9 heteroatoms. The molecule has 1 aliphatic heterocycles. The maximum absolute atomic E-state index is 12.5. The highest BCUT2D eigenvalue weighted by Gasteiger charge is 2.28. The molecule has 0 radical (unpaired) electrons. The summed E-state index contributed by atoms with van der Waals surface area (Å²) >= 11 is 13.1. The second-order valence-electron chi connectivity index (χ2n) is 5.87. The number of hydrogen-bond acceptors (Lipinski definition) is 4. The second-order valence-corrected chi connectivity index (χ2v) is 7.85. The summed E-state index contributed by atoms with van der Waals surface area (Å²) in [4.78, 5) is 38.6. The van der Waals surface area contributed by atoms with E-state index in [1.165, 1.54) is 36.5 Å². The van der Waals surface area contributed by atoms with Gasteiger partial charge in [0.2, 0.25) is 5.91 Å². The molecule has 0 saturated heterocycles. The highest BCUT2D eigenvalue weighted by molar-refractivity contribution is 7.17. The summed E-state index contributed by atoms with van der Waals surface area (Å²) in [7, 11) is 0. The van der Waals surface area contributed by atoms with Gasteiger partial charge < -0.3 is 16.0 Å². The zero-order valence-electron chi connectivity index (χ0n) is 13.8. The van der Waals surface area contributed by atoms with Crippen LogP contribution in [0.5, 0.6) is 0 Å². The number of carbonyl (C=O) groups excluding carboxylic acids is 3. The second kappa shape index (κ2) is 7.26. The monoisotopic (exact) mass is 411 g/mol. The van der Waals surface area contributed by atoms with E-state index in [1.54, 1.807) is 4.90 Å². The molecule has 0 unspecified atom stereocenters. The predicted molar refractivity (Wildman–Crippen MR) is 102 cm³/mol. The first-order valence-electron chi connectivity index (χ1n) is 7.73. The van der Waals surface area contributed by atoms with E-state index in [0.717, 1.165) is 10.4 Å². The van der Waals surface area contributed by atoms with Crippen molar-refractivity contribution in [3.63, 3.8) is 0 Å². The lowest BCUT2D eigenvalue weighted by atomic mass is 10.0. The van der Waals surface area contributed by atoms with Crippen molar-refractivity contribution < 1.29 is 14.4 Å². The molecule has 0 spiro atoms. The van der Waals surface area contributed by atoms with Crippen LogP contribution in [-0.4, -0.2) is 29.2 Å². The number of nitrogens with zero attached hydrogens (tertiary/aromatic N) is 1. The van der Waals surface area contributed by atoms with Crippen molar-refractivity contribution in [2.75, 3.05) is 11.9 Å². The first-order valence-corrected chi connectivity index (χ1v) is 9.30. The number of thiophene rings is 1. The number of benzene rings is 1. The van der Waals surface area contributed by atoms with Gasteiger partial charge in [-0.1, -0.05) is 23.2 Å². The molecule has 2 aromatic rings. The molecule has 136 valence electrons. The fourth-order valence-electron chi connectivity index (χ4n) is 2.88. The number of nitrogens with two attached hydrogens (primary N) is 1. The van der Waals surface area contributed by atoms with E-state index in [2.05, 4.69) is 5.32 Å². The molecular formula is C17H15Cl2N3O3S. The maximum Gasteiger partial charge on any atom is 0.256 e. The van der Waals surface area contributed by atoms with Gasteiger partial charge in [0, 0.05) is 34.0 Å². The molecule has 26 heavy (non-hydrogen) atoms. The minimum absolute atomic E-state index is 0.0381. The van der Waals surface area contributed by atoms with Crippen LogP contribution >= 0.6 is 34.5 Å². The molecule has 0 bridgehead atoms. The standard InChI is InChI=1S/C17H15Cl2N3O3S/c1-8(23)22-3-2-12-13(7-22)26-17(14(12)15(20)24)21-16(25)9-4-10(18)6-11(19)5-9/h4-6H,2-3,7H2,1H3,(H2,20,24)(H,21,25). The van der Waals surface area contributed by atoms with E-state index in [-0.39, 0.29) is 11.5 Å². The van der Waals surface area contributed by atoms with Crippen LogP contribution in [0.4, 0.5) is 5.00 Å². The summed E-state index contributed by atoms with van der Waals surface area (Å²) in [5.74, 6) is -1.10. The fraction of sp³-hybridized carbons (Fsp3) is 0.235. The van der Waals surface area contributed by atoms with Crippen LogP contribution in [0.15, 0.2) is 18.2 Å². The Bertz CT molecular complexity index is 906. The molecule has 0 atom stereocenters. The van der Waals surface area contributed by atoms with Crippen molar-refractivity contribution in [1.82, 2.24) is 4.90 Å². The van der Waals surface area contributed by atoms with Crippen molar-refractivity contribution in [3.05, 3.63) is 49.8 Å². The summed E-state index contributed by atoms with van der Waals surface area (Å²) in [6, 6.07) is 4.49. The number of primary amides is 1.